The molecule has 5 nitrogen and oxygen atoms in total. The minimum absolute atomic E-state index is 0.182. The summed E-state index contributed by atoms with van der Waals surface area (Å²) in [5.41, 5.74) is 1.94. The van der Waals surface area contributed by atoms with Crippen molar-refractivity contribution in [2.45, 2.75) is 37.2 Å². The lowest BCUT2D eigenvalue weighted by molar-refractivity contribution is -0.133. The molecular formula is C20H23ClN2O3S. The zero-order valence-corrected chi connectivity index (χ0v) is 17.0. The molecule has 0 aliphatic carbocycles. The zero-order valence-electron chi connectivity index (χ0n) is 15.4. The highest BCUT2D eigenvalue weighted by molar-refractivity contribution is 7.89. The fraction of sp³-hybridized carbons (Fsp3) is 0.350. The second kappa shape index (κ2) is 8.00. The molecule has 1 amide bonds. The first-order chi connectivity index (χ1) is 12.8. The molecule has 0 bridgehead atoms. The average Bonchev–Trinajstić information content (AvgIpc) is 3.14. The van der Waals surface area contributed by atoms with Crippen molar-refractivity contribution in [3.63, 3.8) is 0 Å². The Morgan fingerprint density at radius 3 is 2.41 bits per heavy atom. The van der Waals surface area contributed by atoms with Gasteiger partial charge in [0.1, 0.15) is 6.04 Å². The number of amides is 1. The van der Waals surface area contributed by atoms with Gasteiger partial charge in [-0.2, -0.15) is 4.31 Å². The fourth-order valence-corrected chi connectivity index (χ4v) is 5.09. The van der Waals surface area contributed by atoms with Crippen LogP contribution in [0.15, 0.2) is 53.4 Å². The summed E-state index contributed by atoms with van der Waals surface area (Å²) in [5, 5.41) is 0.638. The van der Waals surface area contributed by atoms with E-state index < -0.39 is 16.1 Å². The Hall–Kier alpha value is -1.89. The second-order valence-electron chi connectivity index (χ2n) is 6.91. The number of halogens is 1. The normalized spacial score (nSPS) is 17.8. The maximum Gasteiger partial charge on any atom is 0.243 e. The van der Waals surface area contributed by atoms with Crippen molar-refractivity contribution in [3.05, 3.63) is 64.7 Å². The van der Waals surface area contributed by atoms with E-state index in [2.05, 4.69) is 0 Å². The number of carbonyl (C=O) groups excluding carboxylic acids is 1. The van der Waals surface area contributed by atoms with Crippen LogP contribution in [-0.4, -0.2) is 43.2 Å². The van der Waals surface area contributed by atoms with E-state index in [1.807, 2.05) is 19.1 Å². The number of nitrogens with zero attached hydrogens (tertiary/aromatic N) is 2. The van der Waals surface area contributed by atoms with E-state index in [4.69, 9.17) is 11.6 Å². The fourth-order valence-electron chi connectivity index (χ4n) is 3.32. The minimum atomic E-state index is -3.69. The lowest BCUT2D eigenvalue weighted by Gasteiger charge is -2.27. The van der Waals surface area contributed by atoms with Crippen molar-refractivity contribution < 1.29 is 13.2 Å². The summed E-state index contributed by atoms with van der Waals surface area (Å²) in [7, 11) is -1.99. The van der Waals surface area contributed by atoms with E-state index in [1.54, 1.807) is 48.3 Å². The first-order valence-electron chi connectivity index (χ1n) is 8.87. The van der Waals surface area contributed by atoms with Crippen molar-refractivity contribution in [2.75, 3.05) is 13.6 Å². The quantitative estimate of drug-likeness (QED) is 0.764. The van der Waals surface area contributed by atoms with Gasteiger partial charge in [-0.05, 0) is 49.6 Å². The van der Waals surface area contributed by atoms with Gasteiger partial charge in [-0.3, -0.25) is 4.79 Å². The molecule has 1 aliphatic heterocycles. The number of hydrogen-bond acceptors (Lipinski definition) is 3. The van der Waals surface area contributed by atoms with E-state index in [1.165, 1.54) is 4.31 Å². The number of carbonyl (C=O) groups is 1. The van der Waals surface area contributed by atoms with Crippen LogP contribution in [0.4, 0.5) is 0 Å². The van der Waals surface area contributed by atoms with Crippen LogP contribution in [-0.2, 0) is 21.4 Å². The maximum atomic E-state index is 13.0. The minimum Gasteiger partial charge on any atom is -0.340 e. The number of hydrogen-bond donors (Lipinski definition) is 0. The molecule has 0 aromatic heterocycles. The van der Waals surface area contributed by atoms with Gasteiger partial charge in [0.15, 0.2) is 0 Å². The summed E-state index contributed by atoms with van der Waals surface area (Å²) in [6, 6.07) is 13.4. The van der Waals surface area contributed by atoms with Crippen LogP contribution >= 0.6 is 11.6 Å². The molecule has 27 heavy (non-hydrogen) atoms. The Kier molecular flexibility index (Phi) is 5.89. The van der Waals surface area contributed by atoms with Crippen LogP contribution in [0, 0.1) is 6.92 Å². The number of aryl methyl sites for hydroxylation is 1. The van der Waals surface area contributed by atoms with Crippen molar-refractivity contribution >= 4 is 27.5 Å². The number of sulfonamides is 1. The molecule has 1 fully saturated rings. The summed E-state index contributed by atoms with van der Waals surface area (Å²) in [4.78, 5) is 14.8. The number of benzene rings is 2. The lowest BCUT2D eigenvalue weighted by Crippen LogP contribution is -2.46. The second-order valence-corrected chi connectivity index (χ2v) is 9.23. The third-order valence-electron chi connectivity index (χ3n) is 4.83. The molecule has 144 valence electrons. The van der Waals surface area contributed by atoms with Gasteiger partial charge >= 0.3 is 0 Å². The third kappa shape index (κ3) is 4.34. The molecular weight excluding hydrogens is 384 g/mol. The summed E-state index contributed by atoms with van der Waals surface area (Å²) >= 11 is 5.90. The zero-order chi connectivity index (χ0) is 19.6. The highest BCUT2D eigenvalue weighted by atomic mass is 35.5. The van der Waals surface area contributed by atoms with Crippen molar-refractivity contribution in [1.29, 1.82) is 0 Å². The van der Waals surface area contributed by atoms with E-state index >= 15 is 0 Å². The molecule has 0 radical (unpaired) electrons. The highest BCUT2D eigenvalue weighted by Gasteiger charge is 2.40. The van der Waals surface area contributed by atoms with Crippen molar-refractivity contribution in [2.24, 2.45) is 0 Å². The smallest absolute Gasteiger partial charge is 0.243 e. The van der Waals surface area contributed by atoms with Crippen molar-refractivity contribution in [1.82, 2.24) is 9.21 Å². The monoisotopic (exact) mass is 406 g/mol. The Bertz CT molecular complexity index is 911. The van der Waals surface area contributed by atoms with Gasteiger partial charge in [-0.25, -0.2) is 8.42 Å². The van der Waals surface area contributed by atoms with Gasteiger partial charge in [-0.1, -0.05) is 41.4 Å². The number of rotatable bonds is 5. The van der Waals surface area contributed by atoms with Gasteiger partial charge < -0.3 is 4.90 Å². The van der Waals surface area contributed by atoms with Gasteiger partial charge in [-0.15, -0.1) is 0 Å². The van der Waals surface area contributed by atoms with Gasteiger partial charge in [0, 0.05) is 25.2 Å². The van der Waals surface area contributed by atoms with Crippen LogP contribution in [0.2, 0.25) is 5.02 Å². The van der Waals surface area contributed by atoms with Crippen molar-refractivity contribution in [3.8, 4) is 0 Å². The Morgan fingerprint density at radius 1 is 1.15 bits per heavy atom. The van der Waals surface area contributed by atoms with E-state index in [0.717, 1.165) is 11.1 Å². The molecule has 2 aromatic carbocycles. The van der Waals surface area contributed by atoms with E-state index in [9.17, 15) is 13.2 Å². The summed E-state index contributed by atoms with van der Waals surface area (Å²) in [6.07, 6.45) is 1.21. The van der Waals surface area contributed by atoms with Crippen LogP contribution in [0.25, 0.3) is 0 Å². The van der Waals surface area contributed by atoms with Crippen LogP contribution in [0.5, 0.6) is 0 Å². The standard InChI is InChI=1S/C20H23ClN2O3S/c1-15-5-11-18(12-6-15)27(25,26)23-13-3-4-19(23)20(24)22(2)14-16-7-9-17(21)10-8-16/h5-12,19H,3-4,13-14H2,1-2H3. The first kappa shape index (κ1) is 19.9. The number of likely N-dealkylation sites (N-methyl/N-ethyl adjacent to an activating group) is 1. The first-order valence-corrected chi connectivity index (χ1v) is 10.7. The van der Waals surface area contributed by atoms with Gasteiger partial charge in [0.25, 0.3) is 0 Å². The third-order valence-corrected chi connectivity index (χ3v) is 7.00. The Balaban J connectivity index is 1.77. The highest BCUT2D eigenvalue weighted by Crippen LogP contribution is 2.27. The van der Waals surface area contributed by atoms with Gasteiger partial charge in [0.05, 0.1) is 4.90 Å². The lowest BCUT2D eigenvalue weighted by atomic mass is 10.1. The largest absolute Gasteiger partial charge is 0.340 e. The maximum absolute atomic E-state index is 13.0. The van der Waals surface area contributed by atoms with Crippen LogP contribution in [0.1, 0.15) is 24.0 Å². The molecule has 1 unspecified atom stereocenters. The predicted octanol–water partition coefficient (Wildman–Crippen LogP) is 3.46. The molecule has 7 heteroatoms. The Labute approximate surface area is 165 Å². The molecule has 1 heterocycles. The Morgan fingerprint density at radius 2 is 1.78 bits per heavy atom. The molecule has 3 rings (SSSR count). The molecule has 1 aliphatic rings. The molecule has 0 spiro atoms. The summed E-state index contributed by atoms with van der Waals surface area (Å²) < 4.78 is 27.4. The van der Waals surface area contributed by atoms with E-state index in [0.29, 0.717) is 31.0 Å². The SMILES string of the molecule is Cc1ccc(S(=O)(=O)N2CCCC2C(=O)N(C)Cc2ccc(Cl)cc2)cc1. The van der Waals surface area contributed by atoms with Crippen LogP contribution < -0.4 is 0 Å². The van der Waals surface area contributed by atoms with Crippen LogP contribution in [0.3, 0.4) is 0 Å². The van der Waals surface area contributed by atoms with E-state index in [-0.39, 0.29) is 10.8 Å². The molecule has 0 N–H and O–H groups in total. The summed E-state index contributed by atoms with van der Waals surface area (Å²) in [6.45, 7) is 2.68. The molecule has 1 atom stereocenters. The molecule has 2 aromatic rings. The predicted molar refractivity (Wildman–Crippen MR) is 106 cm³/mol. The van der Waals surface area contributed by atoms with Gasteiger partial charge in [0.2, 0.25) is 15.9 Å². The molecule has 1 saturated heterocycles. The summed E-state index contributed by atoms with van der Waals surface area (Å²) in [5.74, 6) is -0.182. The average molecular weight is 407 g/mol. The molecule has 0 saturated carbocycles. The topological polar surface area (TPSA) is 57.7 Å².